The molecule has 1 aliphatic carbocycles. The number of aryl methyl sites for hydroxylation is 2. The molecule has 0 aromatic heterocycles. The minimum absolute atomic E-state index is 0.139. The molecule has 0 aliphatic heterocycles. The first kappa shape index (κ1) is 32.1. The molecule has 0 heterocycles. The number of anilines is 6. The van der Waals surface area contributed by atoms with Gasteiger partial charge < -0.3 is 9.80 Å². The first-order valence-electron chi connectivity index (χ1n) is 17.8. The minimum Gasteiger partial charge on any atom is -0.310 e. The van der Waals surface area contributed by atoms with Gasteiger partial charge in [-0.05, 0) is 119 Å². The molecule has 51 heavy (non-hydrogen) atoms. The molecule has 0 unspecified atom stereocenters. The maximum atomic E-state index is 2.39. The molecule has 2 heteroatoms. The predicted molar refractivity (Wildman–Crippen MR) is 218 cm³/mol. The molecule has 0 bridgehead atoms. The van der Waals surface area contributed by atoms with E-state index in [1.165, 1.54) is 61.6 Å². The second-order valence-electron chi connectivity index (χ2n) is 14.0. The van der Waals surface area contributed by atoms with Crippen molar-refractivity contribution < 1.29 is 0 Å². The highest BCUT2D eigenvalue weighted by Crippen LogP contribution is 2.51. The van der Waals surface area contributed by atoms with Crippen LogP contribution in [0.5, 0.6) is 0 Å². The summed E-state index contributed by atoms with van der Waals surface area (Å²) >= 11 is 0. The van der Waals surface area contributed by atoms with Crippen LogP contribution in [0.3, 0.4) is 0 Å². The van der Waals surface area contributed by atoms with Crippen molar-refractivity contribution in [1.29, 1.82) is 0 Å². The number of hydrogen-bond acceptors (Lipinski definition) is 2. The van der Waals surface area contributed by atoms with E-state index in [2.05, 4.69) is 220 Å². The number of benzene rings is 7. The number of fused-ring (bicyclic) bond motifs is 3. The SMILES string of the molecule is Cc1ccccc1N(c1ccc(/C=C/c2ccc3c(c2)C(C)(C)c2cc(N(c4ccccc4)c4ccccc4)ccc2-3)cc1)c1ccccc1C. The number of rotatable bonds is 8. The van der Waals surface area contributed by atoms with E-state index in [-0.39, 0.29) is 5.41 Å². The van der Waals surface area contributed by atoms with Crippen LogP contribution in [0.4, 0.5) is 34.1 Å². The van der Waals surface area contributed by atoms with Crippen LogP contribution in [-0.2, 0) is 5.41 Å². The molecule has 0 atom stereocenters. The molecule has 0 radical (unpaired) electrons. The molecule has 0 saturated heterocycles. The molecule has 7 aromatic carbocycles. The van der Waals surface area contributed by atoms with Gasteiger partial charge in [0.05, 0.1) is 0 Å². The largest absolute Gasteiger partial charge is 0.310 e. The van der Waals surface area contributed by atoms with Gasteiger partial charge in [-0.2, -0.15) is 0 Å². The standard InChI is InChI=1S/C49H42N2/c1-35-15-11-13-21-47(35)51(48-22-14-12-16-36(48)2)41-28-25-37(26-29-41)23-24-38-27-31-43-44-32-30-42(34-46(44)49(3,4)45(43)33-38)50(39-17-7-5-8-18-39)40-19-9-6-10-20-40/h5-34H,1-4H3/b24-23+. The molecule has 248 valence electrons. The number of nitrogens with zero attached hydrogens (tertiary/aromatic N) is 2. The lowest BCUT2D eigenvalue weighted by Crippen LogP contribution is -2.16. The average Bonchev–Trinajstić information content (AvgIpc) is 3.39. The van der Waals surface area contributed by atoms with Gasteiger partial charge in [0.2, 0.25) is 0 Å². The van der Waals surface area contributed by atoms with E-state index in [1.807, 2.05) is 0 Å². The average molecular weight is 659 g/mol. The van der Waals surface area contributed by atoms with E-state index in [9.17, 15) is 0 Å². The zero-order valence-corrected chi connectivity index (χ0v) is 29.7. The van der Waals surface area contributed by atoms with Crippen molar-refractivity contribution in [2.24, 2.45) is 0 Å². The maximum absolute atomic E-state index is 2.39. The third-order valence-electron chi connectivity index (χ3n) is 10.3. The Morgan fingerprint density at radius 2 is 0.824 bits per heavy atom. The second kappa shape index (κ2) is 13.3. The summed E-state index contributed by atoms with van der Waals surface area (Å²) in [5, 5.41) is 0. The van der Waals surface area contributed by atoms with Gasteiger partial charge in [0.15, 0.2) is 0 Å². The highest BCUT2D eigenvalue weighted by molar-refractivity contribution is 5.87. The Morgan fingerprint density at radius 1 is 0.392 bits per heavy atom. The maximum Gasteiger partial charge on any atom is 0.0490 e. The fourth-order valence-electron chi connectivity index (χ4n) is 7.55. The predicted octanol–water partition coefficient (Wildman–Crippen LogP) is 13.7. The fraction of sp³-hybridized carbons (Fsp3) is 0.102. The van der Waals surface area contributed by atoms with Crippen LogP contribution in [-0.4, -0.2) is 0 Å². The van der Waals surface area contributed by atoms with Gasteiger partial charge >= 0.3 is 0 Å². The topological polar surface area (TPSA) is 6.48 Å². The molecule has 8 rings (SSSR count). The van der Waals surface area contributed by atoms with E-state index in [0.29, 0.717) is 0 Å². The van der Waals surface area contributed by atoms with Crippen LogP contribution in [0, 0.1) is 13.8 Å². The van der Waals surface area contributed by atoms with Crippen molar-refractivity contribution in [3.63, 3.8) is 0 Å². The van der Waals surface area contributed by atoms with E-state index in [1.54, 1.807) is 0 Å². The Balaban J connectivity index is 1.08. The monoisotopic (exact) mass is 658 g/mol. The van der Waals surface area contributed by atoms with Crippen LogP contribution in [0.15, 0.2) is 170 Å². The summed E-state index contributed by atoms with van der Waals surface area (Å²) in [5.74, 6) is 0. The summed E-state index contributed by atoms with van der Waals surface area (Å²) in [5.41, 5.74) is 17.1. The van der Waals surface area contributed by atoms with Crippen molar-refractivity contribution >= 4 is 46.3 Å². The van der Waals surface area contributed by atoms with Crippen molar-refractivity contribution in [3.05, 3.63) is 203 Å². The first-order valence-corrected chi connectivity index (χ1v) is 17.8. The Bertz CT molecular complexity index is 2270. The molecule has 0 amide bonds. The Kier molecular flexibility index (Phi) is 8.37. The summed E-state index contributed by atoms with van der Waals surface area (Å²) in [6.45, 7) is 9.07. The normalized spacial score (nSPS) is 12.8. The molecule has 2 nitrogen and oxygen atoms in total. The molecule has 0 N–H and O–H groups in total. The minimum atomic E-state index is -0.139. The second-order valence-corrected chi connectivity index (χ2v) is 14.0. The third kappa shape index (κ3) is 6.04. The quantitative estimate of drug-likeness (QED) is 0.150. The molecular weight excluding hydrogens is 617 g/mol. The van der Waals surface area contributed by atoms with E-state index in [4.69, 9.17) is 0 Å². The summed E-state index contributed by atoms with van der Waals surface area (Å²) in [7, 11) is 0. The lowest BCUT2D eigenvalue weighted by molar-refractivity contribution is 0.660. The third-order valence-corrected chi connectivity index (χ3v) is 10.3. The molecule has 7 aromatic rings. The molecule has 0 saturated carbocycles. The van der Waals surface area contributed by atoms with Gasteiger partial charge in [-0.3, -0.25) is 0 Å². The molecule has 0 spiro atoms. The van der Waals surface area contributed by atoms with Crippen molar-refractivity contribution in [2.45, 2.75) is 33.1 Å². The molecular formula is C49H42N2. The zero-order chi connectivity index (χ0) is 35.0. The number of hydrogen-bond donors (Lipinski definition) is 0. The molecule has 1 aliphatic rings. The van der Waals surface area contributed by atoms with Gasteiger partial charge in [0.25, 0.3) is 0 Å². The van der Waals surface area contributed by atoms with Gasteiger partial charge in [0, 0.05) is 39.5 Å². The zero-order valence-electron chi connectivity index (χ0n) is 29.7. The van der Waals surface area contributed by atoms with E-state index >= 15 is 0 Å². The van der Waals surface area contributed by atoms with Crippen molar-refractivity contribution in [3.8, 4) is 11.1 Å². The van der Waals surface area contributed by atoms with Crippen LogP contribution in [0.25, 0.3) is 23.3 Å². The van der Waals surface area contributed by atoms with Gasteiger partial charge in [-0.25, -0.2) is 0 Å². The smallest absolute Gasteiger partial charge is 0.0490 e. The highest BCUT2D eigenvalue weighted by Gasteiger charge is 2.36. The Hall–Kier alpha value is -6.12. The van der Waals surface area contributed by atoms with Crippen LogP contribution in [0.1, 0.15) is 47.2 Å². The van der Waals surface area contributed by atoms with Crippen LogP contribution in [0.2, 0.25) is 0 Å². The lowest BCUT2D eigenvalue weighted by atomic mass is 9.81. The summed E-state index contributed by atoms with van der Waals surface area (Å²) in [6, 6.07) is 61.3. The number of para-hydroxylation sites is 4. The first-order chi connectivity index (χ1) is 24.9. The van der Waals surface area contributed by atoms with Crippen LogP contribution >= 0.6 is 0 Å². The van der Waals surface area contributed by atoms with Crippen molar-refractivity contribution in [1.82, 2.24) is 0 Å². The van der Waals surface area contributed by atoms with E-state index < -0.39 is 0 Å². The van der Waals surface area contributed by atoms with Crippen LogP contribution < -0.4 is 9.80 Å². The fourth-order valence-corrected chi connectivity index (χ4v) is 7.55. The Labute approximate surface area is 302 Å². The van der Waals surface area contributed by atoms with Gasteiger partial charge in [-0.1, -0.05) is 135 Å². The van der Waals surface area contributed by atoms with Gasteiger partial charge in [-0.15, -0.1) is 0 Å². The highest BCUT2D eigenvalue weighted by atomic mass is 15.1. The Morgan fingerprint density at radius 3 is 1.39 bits per heavy atom. The lowest BCUT2D eigenvalue weighted by Gasteiger charge is -2.28. The summed E-state index contributed by atoms with van der Waals surface area (Å²) in [4.78, 5) is 4.71. The van der Waals surface area contributed by atoms with Crippen molar-refractivity contribution in [2.75, 3.05) is 9.80 Å². The molecule has 0 fully saturated rings. The summed E-state index contributed by atoms with van der Waals surface area (Å²) in [6.07, 6.45) is 4.47. The van der Waals surface area contributed by atoms with E-state index in [0.717, 1.165) is 17.1 Å². The van der Waals surface area contributed by atoms with Gasteiger partial charge in [0.1, 0.15) is 0 Å². The summed E-state index contributed by atoms with van der Waals surface area (Å²) < 4.78 is 0.